The van der Waals surface area contributed by atoms with Crippen molar-refractivity contribution in [2.75, 3.05) is 40.9 Å². The van der Waals surface area contributed by atoms with Crippen LogP contribution in [0, 0.1) is 35.5 Å². The van der Waals surface area contributed by atoms with E-state index >= 15 is 0 Å². The molecule has 17 atom stereocenters. The summed E-state index contributed by atoms with van der Waals surface area (Å²) in [5.41, 5.74) is 1.39. The van der Waals surface area contributed by atoms with Crippen LogP contribution in [-0.4, -0.2) is 177 Å². The van der Waals surface area contributed by atoms with Gasteiger partial charge in [-0.25, -0.2) is 4.68 Å². The minimum Gasteiger partial charge on any atom is -0.463 e. The molecule has 0 aromatic carbocycles. The minimum atomic E-state index is -1.29. The van der Waals surface area contributed by atoms with Gasteiger partial charge in [-0.05, 0) is 78.7 Å². The van der Waals surface area contributed by atoms with Crippen LogP contribution >= 0.6 is 0 Å². The first-order chi connectivity index (χ1) is 31.5. The van der Waals surface area contributed by atoms with Crippen molar-refractivity contribution < 1.29 is 68.0 Å². The molecule has 4 heterocycles. The number of allylic oxidation sites excluding steroid dienone is 3. The molecule has 2 fully saturated rings. The number of likely N-dealkylation sites (N-methyl/N-ethyl adjacent to an activating group) is 1. The molecular weight excluding hydrogens is 871 g/mol. The summed E-state index contributed by atoms with van der Waals surface area (Å²) in [6.07, 6.45) is -1.07. The molecule has 0 bridgehead atoms. The van der Waals surface area contributed by atoms with E-state index < -0.39 is 103 Å². The predicted octanol–water partition coefficient (Wildman–Crippen LogP) is 2.46. The Hall–Kier alpha value is -3.66. The monoisotopic (exact) mass is 950 g/mol. The molecule has 67 heavy (non-hydrogen) atoms. The summed E-state index contributed by atoms with van der Waals surface area (Å²) in [5.74, 6) is -4.08. The van der Waals surface area contributed by atoms with Crippen LogP contribution in [0.15, 0.2) is 30.0 Å². The molecule has 0 aliphatic carbocycles. The number of carbonyl (C=O) groups excluding carboxylic acids is 4. The average Bonchev–Trinajstić information content (AvgIpc) is 3.70. The Kier molecular flexibility index (Phi) is 21.5. The molecular formula is C48H79N5O14. The minimum absolute atomic E-state index is 0.0528. The van der Waals surface area contributed by atoms with E-state index in [0.29, 0.717) is 50.2 Å². The first kappa shape index (κ1) is 55.9. The highest BCUT2D eigenvalue weighted by atomic mass is 16.7. The Morgan fingerprint density at radius 2 is 1.61 bits per heavy atom. The van der Waals surface area contributed by atoms with E-state index in [2.05, 4.69) is 15.2 Å². The summed E-state index contributed by atoms with van der Waals surface area (Å²) >= 11 is 0. The zero-order valence-corrected chi connectivity index (χ0v) is 41.6. The Morgan fingerprint density at radius 3 is 2.24 bits per heavy atom. The van der Waals surface area contributed by atoms with Gasteiger partial charge < -0.3 is 58.6 Å². The van der Waals surface area contributed by atoms with Gasteiger partial charge in [0.15, 0.2) is 12.1 Å². The van der Waals surface area contributed by atoms with Crippen molar-refractivity contribution in [3.05, 3.63) is 35.7 Å². The Balaban J connectivity index is 1.61. The van der Waals surface area contributed by atoms with E-state index in [1.54, 1.807) is 49.7 Å². The van der Waals surface area contributed by atoms with Crippen molar-refractivity contribution in [1.82, 2.24) is 24.8 Å². The smallest absolute Gasteiger partial charge is 0.308 e. The van der Waals surface area contributed by atoms with E-state index in [0.717, 1.165) is 0 Å². The van der Waals surface area contributed by atoms with Crippen LogP contribution in [0.5, 0.6) is 0 Å². The fraction of sp³-hybridized carbons (Fsp3) is 0.792. The lowest BCUT2D eigenvalue weighted by Crippen LogP contribution is -2.63. The highest BCUT2D eigenvalue weighted by molar-refractivity contribution is 5.91. The summed E-state index contributed by atoms with van der Waals surface area (Å²) in [4.78, 5) is 54.6. The number of rotatable bonds is 15. The second kappa shape index (κ2) is 25.8. The molecule has 0 radical (unpaired) electrons. The van der Waals surface area contributed by atoms with Gasteiger partial charge in [0.25, 0.3) is 0 Å². The van der Waals surface area contributed by atoms with Gasteiger partial charge in [-0.3, -0.25) is 19.2 Å². The molecule has 0 amide bonds. The number of aromatic nitrogens is 3. The molecule has 19 heteroatoms. The highest BCUT2D eigenvalue weighted by Gasteiger charge is 2.48. The van der Waals surface area contributed by atoms with Crippen LogP contribution in [0.25, 0.3) is 0 Å². The molecule has 4 N–H and O–H groups in total. The first-order valence-corrected chi connectivity index (χ1v) is 23.8. The molecule has 2 saturated heterocycles. The van der Waals surface area contributed by atoms with E-state index in [9.17, 15) is 39.6 Å². The fourth-order valence-corrected chi connectivity index (χ4v) is 9.60. The maximum absolute atomic E-state index is 13.8. The Labute approximate surface area is 396 Å². The number of esters is 3. The zero-order valence-electron chi connectivity index (χ0n) is 41.6. The van der Waals surface area contributed by atoms with Crippen LogP contribution < -0.4 is 0 Å². The topological polar surface area (TPSA) is 242 Å². The molecule has 3 aliphatic rings. The highest BCUT2D eigenvalue weighted by Crippen LogP contribution is 2.36. The maximum Gasteiger partial charge on any atom is 0.308 e. The second-order valence-corrected chi connectivity index (χ2v) is 19.5. The van der Waals surface area contributed by atoms with Gasteiger partial charge >= 0.3 is 17.9 Å². The van der Waals surface area contributed by atoms with E-state index in [-0.39, 0.29) is 43.4 Å². The normalized spacial score (nSPS) is 37.4. The third kappa shape index (κ3) is 15.7. The van der Waals surface area contributed by atoms with Crippen molar-refractivity contribution in [3.63, 3.8) is 0 Å². The number of hydrogen-bond acceptors (Lipinski definition) is 18. The number of nitrogens with zero attached hydrogens (tertiary/aromatic N) is 5. The molecule has 0 spiro atoms. The summed E-state index contributed by atoms with van der Waals surface area (Å²) in [7, 11) is 5.41. The molecule has 1 aromatic heterocycles. The number of hydrogen-bond donors (Lipinski definition) is 4. The lowest BCUT2D eigenvalue weighted by molar-refractivity contribution is -0.304. The Morgan fingerprint density at radius 1 is 0.910 bits per heavy atom. The predicted molar refractivity (Wildman–Crippen MR) is 245 cm³/mol. The van der Waals surface area contributed by atoms with Crippen molar-refractivity contribution in [2.45, 2.75) is 168 Å². The third-order valence-corrected chi connectivity index (χ3v) is 13.8. The summed E-state index contributed by atoms with van der Waals surface area (Å²) < 4.78 is 37.7. The molecule has 0 saturated carbocycles. The van der Waals surface area contributed by atoms with Crippen LogP contribution in [0.4, 0.5) is 0 Å². The van der Waals surface area contributed by atoms with E-state index in [1.807, 2.05) is 47.9 Å². The molecule has 380 valence electrons. The third-order valence-electron chi connectivity index (χ3n) is 13.8. The van der Waals surface area contributed by atoms with Gasteiger partial charge in [0.1, 0.15) is 31.0 Å². The zero-order chi connectivity index (χ0) is 49.9. The van der Waals surface area contributed by atoms with Crippen LogP contribution in [-0.2, 0) is 60.7 Å². The second-order valence-electron chi connectivity index (χ2n) is 19.5. The lowest BCUT2D eigenvalue weighted by Gasteiger charge is -2.46. The number of aliphatic hydroxyl groups excluding tert-OH is 4. The largest absolute Gasteiger partial charge is 0.463 e. The SMILES string of the molecule is CC[C@H]1OC(=O)C[C@@H](O)[C@H](C)[C@@H](O[C@@H]2O[C@H](C)[C@@H](O)C(N(C)C)C2O)[C@@H](CCN(C)Cc2cn(C[C@@H]3O[C@H](COC(C)=O)[C@@H](OC(C)=O)[C@H](C)[C@H]3C)nn2)C[C@@H](C)C(=O)/C=C/C(C)=C/[C@@H]1CO. The fourth-order valence-electron chi connectivity index (χ4n) is 9.60. The van der Waals surface area contributed by atoms with E-state index in [4.69, 9.17) is 28.4 Å². The van der Waals surface area contributed by atoms with Crippen molar-refractivity contribution in [2.24, 2.45) is 35.5 Å². The molecule has 3 aliphatic heterocycles. The van der Waals surface area contributed by atoms with Crippen LogP contribution in [0.3, 0.4) is 0 Å². The Bertz CT molecular complexity index is 1830. The van der Waals surface area contributed by atoms with Gasteiger partial charge in [0, 0.05) is 50.3 Å². The first-order valence-electron chi connectivity index (χ1n) is 23.8. The summed E-state index contributed by atoms with van der Waals surface area (Å²) in [5, 5.41) is 53.5. The molecule has 19 nitrogen and oxygen atoms in total. The van der Waals surface area contributed by atoms with Crippen molar-refractivity contribution >= 4 is 23.7 Å². The van der Waals surface area contributed by atoms with Gasteiger partial charge in [0.05, 0.1) is 61.8 Å². The quantitative estimate of drug-likeness (QED) is 0.146. The maximum atomic E-state index is 13.8. The summed E-state index contributed by atoms with van der Waals surface area (Å²) in [6, 6.07) is -0.739. The van der Waals surface area contributed by atoms with Crippen LogP contribution in [0.2, 0.25) is 0 Å². The molecule has 4 rings (SSSR count). The van der Waals surface area contributed by atoms with Gasteiger partial charge in [-0.1, -0.05) is 57.6 Å². The standard InChI is InChI=1S/C48H79N5O14/c1-13-39-35(24-54)18-26(2)14-15-37(57)27(3)19-34(46(30(6)38(58)20-42(59)66-39)67-48-45(61)43(51(10)11)44(60)31(7)63-48)16-17-52(12)21-36-22-53(50-49-36)23-40-28(4)29(5)47(64-33(9)56)41(65-40)25-62-32(8)55/h14-15,18,22,27-31,34-35,38-41,43-48,54,58,60-61H,13,16-17,19-21,23-25H2,1-12H3/b15-14+,26-18+/t27-,28-,29-,30+,31-,34+,35-,38-,39-,40+,41-,43?,44-,45?,46-,47+,48+/m1/s1. The van der Waals surface area contributed by atoms with Crippen molar-refractivity contribution in [3.8, 4) is 0 Å². The molecule has 1 aromatic rings. The number of ketones is 1. The average molecular weight is 950 g/mol. The summed E-state index contributed by atoms with van der Waals surface area (Å²) in [6.45, 7) is 16.4. The van der Waals surface area contributed by atoms with Gasteiger partial charge in [-0.15, -0.1) is 5.10 Å². The number of cyclic esters (lactones) is 1. The van der Waals surface area contributed by atoms with Gasteiger partial charge in [0.2, 0.25) is 0 Å². The number of ether oxygens (including phenoxy) is 6. The molecule has 2 unspecified atom stereocenters. The number of carbonyl (C=O) groups is 4. The van der Waals surface area contributed by atoms with Gasteiger partial charge in [-0.2, -0.15) is 0 Å². The number of aliphatic hydroxyl groups is 4. The lowest BCUT2D eigenvalue weighted by atomic mass is 9.79. The van der Waals surface area contributed by atoms with Crippen LogP contribution in [0.1, 0.15) is 93.7 Å². The van der Waals surface area contributed by atoms with Crippen molar-refractivity contribution in [1.29, 1.82) is 0 Å². The van der Waals surface area contributed by atoms with E-state index in [1.165, 1.54) is 19.9 Å².